The molecule has 0 aliphatic carbocycles. The second-order valence-electron chi connectivity index (χ2n) is 4.67. The Morgan fingerprint density at radius 1 is 1.27 bits per heavy atom. The monoisotopic (exact) mass is 298 g/mol. The molecule has 2 aromatic carbocycles. The summed E-state index contributed by atoms with van der Waals surface area (Å²) in [4.78, 5) is 11.8. The van der Waals surface area contributed by atoms with E-state index >= 15 is 0 Å². The average Bonchev–Trinajstić information content (AvgIpc) is 2.54. The van der Waals surface area contributed by atoms with Gasteiger partial charge in [0.2, 0.25) is 0 Å². The molecule has 0 radical (unpaired) electrons. The standard InChI is InChI=1S/C17H18N2O3/c1-2-10-22-16-5-3-4-13(11-16)12-18-19-17(21)14-6-8-15(20)9-7-14/h3-9,11-12,20H,2,10H2,1H3,(H,19,21)/b18-12-. The van der Waals surface area contributed by atoms with Crippen molar-refractivity contribution in [2.75, 3.05) is 6.61 Å². The molecule has 2 N–H and O–H groups in total. The molecule has 0 unspecified atom stereocenters. The maximum atomic E-state index is 11.8. The van der Waals surface area contributed by atoms with Gasteiger partial charge in [-0.2, -0.15) is 5.10 Å². The summed E-state index contributed by atoms with van der Waals surface area (Å²) in [6.07, 6.45) is 2.50. The Morgan fingerprint density at radius 2 is 2.05 bits per heavy atom. The molecule has 114 valence electrons. The SMILES string of the molecule is CCCOc1cccc(/C=N\NC(=O)c2ccc(O)cc2)c1. The van der Waals surface area contributed by atoms with Gasteiger partial charge in [-0.3, -0.25) is 4.79 Å². The molecule has 0 aromatic heterocycles. The van der Waals surface area contributed by atoms with E-state index in [1.165, 1.54) is 24.3 Å². The number of nitrogens with one attached hydrogen (secondary N) is 1. The molecule has 0 atom stereocenters. The van der Waals surface area contributed by atoms with E-state index in [9.17, 15) is 9.90 Å². The van der Waals surface area contributed by atoms with E-state index in [-0.39, 0.29) is 11.7 Å². The lowest BCUT2D eigenvalue weighted by atomic mass is 10.2. The zero-order chi connectivity index (χ0) is 15.8. The number of rotatable bonds is 6. The van der Waals surface area contributed by atoms with Crippen LogP contribution in [0.5, 0.6) is 11.5 Å². The van der Waals surface area contributed by atoms with Crippen molar-refractivity contribution in [3.8, 4) is 11.5 Å². The number of phenols is 1. The van der Waals surface area contributed by atoms with Crippen molar-refractivity contribution in [1.29, 1.82) is 0 Å². The third-order valence-electron chi connectivity index (χ3n) is 2.84. The highest BCUT2D eigenvalue weighted by molar-refractivity contribution is 5.95. The number of hydrogen-bond acceptors (Lipinski definition) is 4. The van der Waals surface area contributed by atoms with Gasteiger partial charge in [-0.05, 0) is 48.4 Å². The molecule has 2 rings (SSSR count). The van der Waals surface area contributed by atoms with Crippen molar-refractivity contribution >= 4 is 12.1 Å². The van der Waals surface area contributed by atoms with Crippen LogP contribution in [0.3, 0.4) is 0 Å². The van der Waals surface area contributed by atoms with Crippen LogP contribution >= 0.6 is 0 Å². The molecule has 0 saturated heterocycles. The summed E-state index contributed by atoms with van der Waals surface area (Å²) in [5, 5.41) is 13.1. The van der Waals surface area contributed by atoms with Crippen LogP contribution in [0, 0.1) is 0 Å². The first-order valence-corrected chi connectivity index (χ1v) is 7.04. The number of benzene rings is 2. The summed E-state index contributed by atoms with van der Waals surface area (Å²) in [5.74, 6) is 0.550. The van der Waals surface area contributed by atoms with Crippen LogP contribution < -0.4 is 10.2 Å². The highest BCUT2D eigenvalue weighted by Crippen LogP contribution is 2.12. The predicted octanol–water partition coefficient (Wildman–Crippen LogP) is 2.94. The van der Waals surface area contributed by atoms with Crippen LogP contribution in [0.25, 0.3) is 0 Å². The van der Waals surface area contributed by atoms with Gasteiger partial charge in [-0.15, -0.1) is 0 Å². The number of aromatic hydroxyl groups is 1. The van der Waals surface area contributed by atoms with Gasteiger partial charge in [0.15, 0.2) is 0 Å². The molecule has 0 fully saturated rings. The Labute approximate surface area is 129 Å². The third-order valence-corrected chi connectivity index (χ3v) is 2.84. The van der Waals surface area contributed by atoms with Gasteiger partial charge in [0.25, 0.3) is 5.91 Å². The first-order chi connectivity index (χ1) is 10.7. The maximum Gasteiger partial charge on any atom is 0.271 e. The summed E-state index contributed by atoms with van der Waals surface area (Å²) in [5.41, 5.74) is 3.70. The van der Waals surface area contributed by atoms with E-state index < -0.39 is 0 Å². The number of hydrazone groups is 1. The fraction of sp³-hybridized carbons (Fsp3) is 0.176. The average molecular weight is 298 g/mol. The van der Waals surface area contributed by atoms with Crippen molar-refractivity contribution in [1.82, 2.24) is 5.43 Å². The van der Waals surface area contributed by atoms with Crippen LogP contribution in [-0.2, 0) is 0 Å². The Bertz CT molecular complexity index is 651. The Hall–Kier alpha value is -2.82. The summed E-state index contributed by atoms with van der Waals surface area (Å²) in [6.45, 7) is 2.71. The largest absolute Gasteiger partial charge is 0.508 e. The molecule has 0 heterocycles. The van der Waals surface area contributed by atoms with Crippen LogP contribution in [0.1, 0.15) is 29.3 Å². The molecule has 0 saturated carbocycles. The topological polar surface area (TPSA) is 70.9 Å². The van der Waals surface area contributed by atoms with Crippen LogP contribution in [0.2, 0.25) is 0 Å². The van der Waals surface area contributed by atoms with E-state index in [4.69, 9.17) is 4.74 Å². The van der Waals surface area contributed by atoms with Crippen molar-refractivity contribution in [2.24, 2.45) is 5.10 Å². The molecule has 5 nitrogen and oxygen atoms in total. The fourth-order valence-corrected chi connectivity index (χ4v) is 1.75. The van der Waals surface area contributed by atoms with E-state index in [0.29, 0.717) is 12.2 Å². The van der Waals surface area contributed by atoms with Gasteiger partial charge in [-0.25, -0.2) is 5.43 Å². The quantitative estimate of drug-likeness (QED) is 0.636. The summed E-state index contributed by atoms with van der Waals surface area (Å²) in [6, 6.07) is 13.4. The minimum Gasteiger partial charge on any atom is -0.508 e. The lowest BCUT2D eigenvalue weighted by molar-refractivity contribution is 0.0955. The number of ether oxygens (including phenoxy) is 1. The second-order valence-corrected chi connectivity index (χ2v) is 4.67. The van der Waals surface area contributed by atoms with E-state index in [0.717, 1.165) is 17.7 Å². The number of amides is 1. The Kier molecular flexibility index (Phi) is 5.54. The van der Waals surface area contributed by atoms with Gasteiger partial charge in [0, 0.05) is 5.56 Å². The van der Waals surface area contributed by atoms with E-state index in [2.05, 4.69) is 10.5 Å². The normalized spacial score (nSPS) is 10.6. The van der Waals surface area contributed by atoms with E-state index in [1.54, 1.807) is 6.21 Å². The fourth-order valence-electron chi connectivity index (χ4n) is 1.75. The first kappa shape index (κ1) is 15.6. The number of carbonyl (C=O) groups excluding carboxylic acids is 1. The van der Waals surface area contributed by atoms with Gasteiger partial charge >= 0.3 is 0 Å². The Balaban J connectivity index is 1.94. The van der Waals surface area contributed by atoms with Gasteiger partial charge in [0.05, 0.1) is 12.8 Å². The van der Waals surface area contributed by atoms with Gasteiger partial charge in [0.1, 0.15) is 11.5 Å². The number of nitrogens with zero attached hydrogens (tertiary/aromatic N) is 1. The maximum absolute atomic E-state index is 11.8. The number of hydrogen-bond donors (Lipinski definition) is 2. The molecular weight excluding hydrogens is 280 g/mol. The molecule has 0 aliphatic rings. The zero-order valence-electron chi connectivity index (χ0n) is 12.3. The molecule has 1 amide bonds. The summed E-state index contributed by atoms with van der Waals surface area (Å²) in [7, 11) is 0. The van der Waals surface area contributed by atoms with Gasteiger partial charge < -0.3 is 9.84 Å². The minimum atomic E-state index is -0.338. The number of phenolic OH excluding ortho intramolecular Hbond substituents is 1. The molecule has 0 spiro atoms. The molecule has 22 heavy (non-hydrogen) atoms. The lowest BCUT2D eigenvalue weighted by Gasteiger charge is -2.04. The molecular formula is C17H18N2O3. The van der Waals surface area contributed by atoms with Crippen LogP contribution in [0.15, 0.2) is 53.6 Å². The molecule has 2 aromatic rings. The third kappa shape index (κ3) is 4.63. The molecule has 0 aliphatic heterocycles. The summed E-state index contributed by atoms with van der Waals surface area (Å²) < 4.78 is 5.53. The zero-order valence-corrected chi connectivity index (χ0v) is 12.3. The van der Waals surface area contributed by atoms with E-state index in [1.807, 2.05) is 31.2 Å². The summed E-state index contributed by atoms with van der Waals surface area (Å²) >= 11 is 0. The lowest BCUT2D eigenvalue weighted by Crippen LogP contribution is -2.17. The molecule has 5 heteroatoms. The highest BCUT2D eigenvalue weighted by Gasteiger charge is 2.03. The first-order valence-electron chi connectivity index (χ1n) is 7.04. The second kappa shape index (κ2) is 7.83. The molecule has 0 bridgehead atoms. The number of carbonyl (C=O) groups is 1. The van der Waals surface area contributed by atoms with Crippen molar-refractivity contribution in [3.63, 3.8) is 0 Å². The van der Waals surface area contributed by atoms with Crippen LogP contribution in [0.4, 0.5) is 0 Å². The van der Waals surface area contributed by atoms with Crippen molar-refractivity contribution in [2.45, 2.75) is 13.3 Å². The van der Waals surface area contributed by atoms with Crippen molar-refractivity contribution in [3.05, 3.63) is 59.7 Å². The highest BCUT2D eigenvalue weighted by atomic mass is 16.5. The van der Waals surface area contributed by atoms with Gasteiger partial charge in [-0.1, -0.05) is 19.1 Å². The van der Waals surface area contributed by atoms with Crippen LogP contribution in [-0.4, -0.2) is 23.8 Å². The predicted molar refractivity (Wildman–Crippen MR) is 85.4 cm³/mol. The Morgan fingerprint density at radius 3 is 2.77 bits per heavy atom. The smallest absolute Gasteiger partial charge is 0.271 e. The van der Waals surface area contributed by atoms with Crippen molar-refractivity contribution < 1.29 is 14.6 Å². The minimum absolute atomic E-state index is 0.115.